The summed E-state index contributed by atoms with van der Waals surface area (Å²) in [4.78, 5) is 23.8. The maximum absolute atomic E-state index is 12.3. The van der Waals surface area contributed by atoms with Gasteiger partial charge in [0.2, 0.25) is 11.8 Å². The number of rotatable bonds is 4. The zero-order chi connectivity index (χ0) is 16.4. The van der Waals surface area contributed by atoms with Gasteiger partial charge in [0.15, 0.2) is 0 Å². The van der Waals surface area contributed by atoms with Crippen molar-refractivity contribution >= 4 is 11.9 Å². The van der Waals surface area contributed by atoms with Gasteiger partial charge >= 0.3 is 5.97 Å². The molecule has 23 heavy (non-hydrogen) atoms. The molecule has 0 radical (unpaired) electrons. The molecule has 1 heterocycles. The zero-order valence-electron chi connectivity index (χ0n) is 12.7. The van der Waals surface area contributed by atoms with Gasteiger partial charge in [0.1, 0.15) is 5.54 Å². The van der Waals surface area contributed by atoms with Crippen molar-refractivity contribution < 1.29 is 19.1 Å². The van der Waals surface area contributed by atoms with E-state index < -0.39 is 11.5 Å². The summed E-state index contributed by atoms with van der Waals surface area (Å²) in [5.74, 6) is -0.512. The summed E-state index contributed by atoms with van der Waals surface area (Å²) < 4.78 is 5.32. The molecule has 0 saturated heterocycles. The standard InChI is InChI=1S/C16H17N3O4/c1-10-18-19-14(23-10)12-6-4-11(5-7-12)13(20)17-16(15(21)22)8-2-3-9-16/h4-7H,2-3,8-9H2,1H3,(H,17,20)(H,21,22). The van der Waals surface area contributed by atoms with Crippen LogP contribution in [0.4, 0.5) is 0 Å². The van der Waals surface area contributed by atoms with Gasteiger partial charge in [-0.25, -0.2) is 4.79 Å². The number of amides is 1. The molecule has 0 aliphatic heterocycles. The lowest BCUT2D eigenvalue weighted by molar-refractivity contribution is -0.144. The topological polar surface area (TPSA) is 105 Å². The van der Waals surface area contributed by atoms with Crippen molar-refractivity contribution in [2.75, 3.05) is 0 Å². The number of nitrogens with one attached hydrogen (secondary N) is 1. The summed E-state index contributed by atoms with van der Waals surface area (Å²) in [6.07, 6.45) is 2.55. The molecule has 1 aromatic carbocycles. The van der Waals surface area contributed by atoms with E-state index in [1.165, 1.54) is 0 Å². The van der Waals surface area contributed by atoms with E-state index in [0.29, 0.717) is 35.7 Å². The molecule has 0 bridgehead atoms. The average molecular weight is 315 g/mol. The van der Waals surface area contributed by atoms with E-state index in [2.05, 4.69) is 15.5 Å². The number of carboxylic acid groups (broad SMARTS) is 1. The molecule has 2 N–H and O–H groups in total. The van der Waals surface area contributed by atoms with Gasteiger partial charge in [-0.2, -0.15) is 0 Å². The minimum absolute atomic E-state index is 0.382. The van der Waals surface area contributed by atoms with E-state index in [9.17, 15) is 14.7 Å². The Bertz CT molecular complexity index is 730. The van der Waals surface area contributed by atoms with Crippen LogP contribution in [0.25, 0.3) is 11.5 Å². The van der Waals surface area contributed by atoms with Gasteiger partial charge in [0, 0.05) is 18.1 Å². The molecule has 0 unspecified atom stereocenters. The summed E-state index contributed by atoms with van der Waals surface area (Å²) in [5.41, 5.74) is -0.0345. The number of carbonyl (C=O) groups excluding carboxylic acids is 1. The van der Waals surface area contributed by atoms with E-state index in [1.54, 1.807) is 31.2 Å². The number of nitrogens with zero attached hydrogens (tertiary/aromatic N) is 2. The molecule has 7 heteroatoms. The molecule has 1 fully saturated rings. The van der Waals surface area contributed by atoms with Crippen molar-refractivity contribution in [2.45, 2.75) is 38.1 Å². The number of hydrogen-bond donors (Lipinski definition) is 2. The van der Waals surface area contributed by atoms with Gasteiger partial charge in [0.05, 0.1) is 0 Å². The normalized spacial score (nSPS) is 16.2. The molecule has 2 aromatic rings. The van der Waals surface area contributed by atoms with E-state index in [4.69, 9.17) is 4.42 Å². The molecule has 120 valence electrons. The lowest BCUT2D eigenvalue weighted by atomic mass is 9.97. The van der Waals surface area contributed by atoms with Gasteiger partial charge in [0.25, 0.3) is 5.91 Å². The monoisotopic (exact) mass is 315 g/mol. The molecular formula is C16H17N3O4. The minimum Gasteiger partial charge on any atom is -0.480 e. The van der Waals surface area contributed by atoms with Gasteiger partial charge in [-0.05, 0) is 37.1 Å². The Morgan fingerprint density at radius 2 is 1.83 bits per heavy atom. The Labute approximate surface area is 132 Å². The fourth-order valence-corrected chi connectivity index (χ4v) is 2.84. The Morgan fingerprint density at radius 3 is 2.35 bits per heavy atom. The molecule has 1 aliphatic carbocycles. The number of aliphatic carboxylic acids is 1. The van der Waals surface area contributed by atoms with Gasteiger partial charge < -0.3 is 14.8 Å². The predicted octanol–water partition coefficient (Wildman–Crippen LogP) is 2.17. The van der Waals surface area contributed by atoms with Gasteiger partial charge in [-0.3, -0.25) is 4.79 Å². The Morgan fingerprint density at radius 1 is 1.17 bits per heavy atom. The Balaban J connectivity index is 1.76. The number of benzene rings is 1. The number of carbonyl (C=O) groups is 2. The first-order valence-electron chi connectivity index (χ1n) is 7.47. The highest BCUT2D eigenvalue weighted by Crippen LogP contribution is 2.30. The van der Waals surface area contributed by atoms with E-state index in [0.717, 1.165) is 12.8 Å². The molecular weight excluding hydrogens is 298 g/mol. The fourth-order valence-electron chi connectivity index (χ4n) is 2.84. The van der Waals surface area contributed by atoms with Crippen LogP contribution in [0.5, 0.6) is 0 Å². The van der Waals surface area contributed by atoms with Crippen molar-refractivity contribution in [1.82, 2.24) is 15.5 Å². The Hall–Kier alpha value is -2.70. The van der Waals surface area contributed by atoms with Gasteiger partial charge in [-0.1, -0.05) is 12.8 Å². The summed E-state index contributed by atoms with van der Waals surface area (Å²) >= 11 is 0. The third kappa shape index (κ3) is 2.94. The lowest BCUT2D eigenvalue weighted by Crippen LogP contribution is -2.52. The number of hydrogen-bond acceptors (Lipinski definition) is 5. The minimum atomic E-state index is -1.14. The highest BCUT2D eigenvalue weighted by Gasteiger charge is 2.42. The van der Waals surface area contributed by atoms with E-state index in [1.807, 2.05) is 0 Å². The van der Waals surface area contributed by atoms with Crippen molar-refractivity contribution in [3.05, 3.63) is 35.7 Å². The number of aromatic nitrogens is 2. The molecule has 7 nitrogen and oxygen atoms in total. The highest BCUT2D eigenvalue weighted by molar-refractivity contribution is 5.98. The number of aryl methyl sites for hydroxylation is 1. The van der Waals surface area contributed by atoms with Crippen LogP contribution < -0.4 is 5.32 Å². The van der Waals surface area contributed by atoms with Crippen LogP contribution >= 0.6 is 0 Å². The van der Waals surface area contributed by atoms with Crippen LogP contribution in [0.1, 0.15) is 41.9 Å². The largest absolute Gasteiger partial charge is 0.480 e. The first kappa shape index (κ1) is 15.2. The quantitative estimate of drug-likeness (QED) is 0.895. The van der Waals surface area contributed by atoms with Crippen LogP contribution in [0, 0.1) is 6.92 Å². The van der Waals surface area contributed by atoms with Crippen molar-refractivity contribution in [3.63, 3.8) is 0 Å². The second kappa shape index (κ2) is 5.83. The van der Waals surface area contributed by atoms with Crippen LogP contribution in [0.2, 0.25) is 0 Å². The predicted molar refractivity (Wildman–Crippen MR) is 80.8 cm³/mol. The molecule has 1 amide bonds. The SMILES string of the molecule is Cc1nnc(-c2ccc(C(=O)NC3(C(=O)O)CCCC3)cc2)o1. The molecule has 1 saturated carbocycles. The summed E-state index contributed by atoms with van der Waals surface area (Å²) in [7, 11) is 0. The number of carboxylic acids is 1. The van der Waals surface area contributed by atoms with Crippen LogP contribution in [0.15, 0.2) is 28.7 Å². The smallest absolute Gasteiger partial charge is 0.329 e. The highest BCUT2D eigenvalue weighted by atomic mass is 16.4. The molecule has 1 aromatic heterocycles. The van der Waals surface area contributed by atoms with Crippen LogP contribution in [-0.2, 0) is 4.79 Å². The van der Waals surface area contributed by atoms with Gasteiger partial charge in [-0.15, -0.1) is 10.2 Å². The zero-order valence-corrected chi connectivity index (χ0v) is 12.7. The van der Waals surface area contributed by atoms with Crippen molar-refractivity contribution in [2.24, 2.45) is 0 Å². The van der Waals surface area contributed by atoms with Crippen LogP contribution in [-0.4, -0.2) is 32.7 Å². The Kier molecular flexibility index (Phi) is 3.85. The summed E-state index contributed by atoms with van der Waals surface area (Å²) in [6, 6.07) is 6.64. The first-order chi connectivity index (χ1) is 11.0. The maximum atomic E-state index is 12.3. The fraction of sp³-hybridized carbons (Fsp3) is 0.375. The molecule has 3 rings (SSSR count). The second-order valence-electron chi connectivity index (χ2n) is 5.75. The van der Waals surface area contributed by atoms with Crippen molar-refractivity contribution in [3.8, 4) is 11.5 Å². The van der Waals surface area contributed by atoms with E-state index >= 15 is 0 Å². The third-order valence-corrected chi connectivity index (χ3v) is 4.14. The molecule has 0 atom stereocenters. The van der Waals surface area contributed by atoms with Crippen molar-refractivity contribution in [1.29, 1.82) is 0 Å². The molecule has 1 aliphatic rings. The second-order valence-corrected chi connectivity index (χ2v) is 5.75. The first-order valence-corrected chi connectivity index (χ1v) is 7.47. The van der Waals surface area contributed by atoms with E-state index in [-0.39, 0.29) is 5.91 Å². The summed E-state index contributed by atoms with van der Waals surface area (Å²) in [5, 5.41) is 19.8. The maximum Gasteiger partial charge on any atom is 0.329 e. The lowest BCUT2D eigenvalue weighted by Gasteiger charge is -2.25. The third-order valence-electron chi connectivity index (χ3n) is 4.14. The van der Waals surface area contributed by atoms with Crippen LogP contribution in [0.3, 0.4) is 0 Å². The average Bonchev–Trinajstić information content (AvgIpc) is 3.17. The molecule has 0 spiro atoms. The summed E-state index contributed by atoms with van der Waals surface area (Å²) in [6.45, 7) is 1.70.